The highest BCUT2D eigenvalue weighted by atomic mass is 32.1. The zero-order chi connectivity index (χ0) is 21.6. The van der Waals surface area contributed by atoms with Gasteiger partial charge in [-0.2, -0.15) is 0 Å². The van der Waals surface area contributed by atoms with Crippen molar-refractivity contribution in [3.05, 3.63) is 46.7 Å². The van der Waals surface area contributed by atoms with Crippen LogP contribution < -0.4 is 15.0 Å². The molecule has 1 unspecified atom stereocenters. The smallest absolute Gasteiger partial charge is 0.317 e. The van der Waals surface area contributed by atoms with E-state index in [1.54, 1.807) is 23.3 Å². The Morgan fingerprint density at radius 3 is 2.52 bits per heavy atom. The Bertz CT molecular complexity index is 863. The number of methoxy groups -OCH3 is 1. The fourth-order valence-corrected chi connectivity index (χ4v) is 4.93. The number of carbonyl (C=O) groups is 2. The number of hydrogen-bond acceptors (Lipinski definition) is 5. The number of hydrogen-bond donors (Lipinski definition) is 1. The van der Waals surface area contributed by atoms with Gasteiger partial charge in [0.2, 0.25) is 5.91 Å². The first kappa shape index (κ1) is 21.5. The summed E-state index contributed by atoms with van der Waals surface area (Å²) in [5.74, 6) is 0.928. The topological polar surface area (TPSA) is 65.1 Å². The number of amides is 3. The number of piperazine rings is 1. The maximum absolute atomic E-state index is 13.1. The zero-order valence-corrected chi connectivity index (χ0v) is 18.8. The molecule has 1 atom stereocenters. The molecule has 7 nitrogen and oxygen atoms in total. The summed E-state index contributed by atoms with van der Waals surface area (Å²) in [5.41, 5.74) is 1.15. The van der Waals surface area contributed by atoms with Crippen LogP contribution in [0, 0.1) is 5.92 Å². The molecule has 1 aromatic heterocycles. The number of urea groups is 1. The molecule has 0 radical (unpaired) electrons. The molecule has 4 rings (SSSR count). The van der Waals surface area contributed by atoms with E-state index in [0.29, 0.717) is 32.7 Å². The van der Waals surface area contributed by atoms with Crippen LogP contribution in [0.3, 0.4) is 0 Å². The van der Waals surface area contributed by atoms with E-state index in [0.717, 1.165) is 42.2 Å². The first-order valence-corrected chi connectivity index (χ1v) is 11.7. The number of thiophene rings is 1. The number of benzene rings is 1. The van der Waals surface area contributed by atoms with Crippen LogP contribution in [0.2, 0.25) is 0 Å². The van der Waals surface area contributed by atoms with Crippen LogP contribution in [-0.2, 0) is 11.3 Å². The van der Waals surface area contributed by atoms with Gasteiger partial charge < -0.3 is 24.8 Å². The molecule has 3 amide bonds. The summed E-state index contributed by atoms with van der Waals surface area (Å²) < 4.78 is 5.23. The number of carbonyl (C=O) groups excluding carboxylic acids is 2. The molecule has 31 heavy (non-hydrogen) atoms. The summed E-state index contributed by atoms with van der Waals surface area (Å²) in [7, 11) is 1.67. The molecule has 3 heterocycles. The molecule has 8 heteroatoms. The van der Waals surface area contributed by atoms with Gasteiger partial charge in [0.25, 0.3) is 0 Å². The van der Waals surface area contributed by atoms with E-state index in [2.05, 4.69) is 22.3 Å². The molecule has 166 valence electrons. The molecular formula is C23H30N4O3S. The van der Waals surface area contributed by atoms with Crippen LogP contribution in [0.5, 0.6) is 5.75 Å². The molecule has 2 saturated heterocycles. The minimum absolute atomic E-state index is 0.0739. The third-order valence-corrected chi connectivity index (χ3v) is 6.96. The highest BCUT2D eigenvalue weighted by Crippen LogP contribution is 2.23. The van der Waals surface area contributed by atoms with Gasteiger partial charge in [-0.15, -0.1) is 11.3 Å². The number of anilines is 1. The van der Waals surface area contributed by atoms with Crippen LogP contribution in [0.15, 0.2) is 41.8 Å². The Hall–Kier alpha value is -2.74. The van der Waals surface area contributed by atoms with Gasteiger partial charge in [-0.3, -0.25) is 4.79 Å². The molecule has 0 spiro atoms. The van der Waals surface area contributed by atoms with Gasteiger partial charge in [-0.05, 0) is 48.6 Å². The predicted molar refractivity (Wildman–Crippen MR) is 123 cm³/mol. The van der Waals surface area contributed by atoms with Crippen molar-refractivity contribution in [1.82, 2.24) is 15.1 Å². The summed E-state index contributed by atoms with van der Waals surface area (Å²) in [4.78, 5) is 32.9. The third kappa shape index (κ3) is 5.31. The largest absolute Gasteiger partial charge is 0.497 e. The van der Waals surface area contributed by atoms with Crippen LogP contribution in [0.1, 0.15) is 17.7 Å². The Kier molecular flexibility index (Phi) is 6.96. The predicted octanol–water partition coefficient (Wildman–Crippen LogP) is 3.03. The Morgan fingerprint density at radius 2 is 1.84 bits per heavy atom. The van der Waals surface area contributed by atoms with Crippen LogP contribution in [0.25, 0.3) is 0 Å². The van der Waals surface area contributed by atoms with Gasteiger partial charge in [0.15, 0.2) is 0 Å². The highest BCUT2D eigenvalue weighted by Gasteiger charge is 2.32. The van der Waals surface area contributed by atoms with Gasteiger partial charge >= 0.3 is 6.03 Å². The van der Waals surface area contributed by atoms with Gasteiger partial charge in [0.05, 0.1) is 19.6 Å². The van der Waals surface area contributed by atoms with E-state index < -0.39 is 0 Å². The fraction of sp³-hybridized carbons (Fsp3) is 0.478. The number of likely N-dealkylation sites (tertiary alicyclic amines) is 1. The third-order valence-electron chi connectivity index (χ3n) is 6.08. The van der Waals surface area contributed by atoms with E-state index in [9.17, 15) is 9.59 Å². The standard InChI is InChI=1S/C23H30N4O3S/c1-30-20-8-6-19(7-9-20)25-11-13-26(14-12-25)22(28)18-4-2-10-27(17-18)23(29)24-16-21-5-3-15-31-21/h3,5-9,15,18H,2,4,10-14,16-17H2,1H3,(H,24,29). The molecule has 0 bridgehead atoms. The maximum atomic E-state index is 13.1. The maximum Gasteiger partial charge on any atom is 0.317 e. The van der Waals surface area contributed by atoms with Crippen LogP contribution in [0.4, 0.5) is 10.5 Å². The van der Waals surface area contributed by atoms with Crippen molar-refractivity contribution >= 4 is 29.0 Å². The first-order valence-electron chi connectivity index (χ1n) is 10.9. The van der Waals surface area contributed by atoms with Crippen LogP contribution >= 0.6 is 11.3 Å². The Morgan fingerprint density at radius 1 is 1.06 bits per heavy atom. The first-order chi connectivity index (χ1) is 15.1. The lowest BCUT2D eigenvalue weighted by Crippen LogP contribution is -2.54. The van der Waals surface area contributed by atoms with Gasteiger partial charge in [-0.1, -0.05) is 6.07 Å². The molecule has 0 aliphatic carbocycles. The van der Waals surface area contributed by atoms with E-state index in [1.807, 2.05) is 34.5 Å². The summed E-state index contributed by atoms with van der Waals surface area (Å²) in [6.45, 7) is 4.82. The average Bonchev–Trinajstić information content (AvgIpc) is 3.36. The van der Waals surface area contributed by atoms with Crippen molar-refractivity contribution in [2.75, 3.05) is 51.3 Å². The average molecular weight is 443 g/mol. The summed E-state index contributed by atoms with van der Waals surface area (Å²) >= 11 is 1.63. The van der Waals surface area contributed by atoms with E-state index in [4.69, 9.17) is 4.74 Å². The molecule has 1 aromatic carbocycles. The number of piperidine rings is 1. The number of ether oxygens (including phenoxy) is 1. The molecule has 2 aromatic rings. The quantitative estimate of drug-likeness (QED) is 0.773. The van der Waals surface area contributed by atoms with Gasteiger partial charge in [0, 0.05) is 49.8 Å². The van der Waals surface area contributed by atoms with E-state index in [1.165, 1.54) is 0 Å². The molecule has 2 aliphatic heterocycles. The summed E-state index contributed by atoms with van der Waals surface area (Å²) in [6, 6.07) is 12.0. The second-order valence-corrected chi connectivity index (χ2v) is 9.07. The SMILES string of the molecule is COc1ccc(N2CCN(C(=O)C3CCCN(C(=O)NCc4cccs4)C3)CC2)cc1. The lowest BCUT2D eigenvalue weighted by atomic mass is 9.96. The second-order valence-electron chi connectivity index (χ2n) is 8.03. The lowest BCUT2D eigenvalue weighted by molar-refractivity contribution is -0.137. The lowest BCUT2D eigenvalue weighted by Gasteiger charge is -2.39. The van der Waals surface area contributed by atoms with Crippen molar-refractivity contribution < 1.29 is 14.3 Å². The molecular weight excluding hydrogens is 412 g/mol. The molecule has 2 fully saturated rings. The van der Waals surface area contributed by atoms with E-state index >= 15 is 0 Å². The normalized spacial score (nSPS) is 19.3. The van der Waals surface area contributed by atoms with Crippen LogP contribution in [-0.4, -0.2) is 68.1 Å². The summed E-state index contributed by atoms with van der Waals surface area (Å²) in [5, 5.41) is 4.99. The molecule has 0 saturated carbocycles. The van der Waals surface area contributed by atoms with Crippen molar-refractivity contribution in [3.8, 4) is 5.75 Å². The van der Waals surface area contributed by atoms with Gasteiger partial charge in [0.1, 0.15) is 5.75 Å². The van der Waals surface area contributed by atoms with Gasteiger partial charge in [-0.25, -0.2) is 4.79 Å². The number of rotatable bonds is 5. The molecule has 1 N–H and O–H groups in total. The Labute approximate surface area is 187 Å². The number of nitrogens with zero attached hydrogens (tertiary/aromatic N) is 3. The summed E-state index contributed by atoms with van der Waals surface area (Å²) in [6.07, 6.45) is 1.72. The van der Waals surface area contributed by atoms with Crippen molar-refractivity contribution in [2.45, 2.75) is 19.4 Å². The van der Waals surface area contributed by atoms with E-state index in [-0.39, 0.29) is 17.9 Å². The minimum atomic E-state index is -0.103. The highest BCUT2D eigenvalue weighted by molar-refractivity contribution is 7.09. The monoisotopic (exact) mass is 442 g/mol. The second kappa shape index (κ2) is 10.0. The zero-order valence-electron chi connectivity index (χ0n) is 18.0. The Balaban J connectivity index is 1.26. The molecule has 2 aliphatic rings. The minimum Gasteiger partial charge on any atom is -0.497 e. The van der Waals surface area contributed by atoms with Crippen molar-refractivity contribution in [1.29, 1.82) is 0 Å². The fourth-order valence-electron chi connectivity index (χ4n) is 4.29. The van der Waals surface area contributed by atoms with Crippen molar-refractivity contribution in [3.63, 3.8) is 0 Å². The number of nitrogens with one attached hydrogen (secondary N) is 1. The van der Waals surface area contributed by atoms with Crippen molar-refractivity contribution in [2.24, 2.45) is 5.92 Å².